The van der Waals surface area contributed by atoms with Crippen LogP contribution in [0.1, 0.15) is 11.1 Å². The van der Waals surface area contributed by atoms with Crippen LogP contribution < -0.4 is 10.2 Å². The number of benzene rings is 1. The average Bonchev–Trinajstić information content (AvgIpc) is 2.96. The number of rotatable bonds is 2. The molecule has 106 valence electrons. The normalized spacial score (nSPS) is 16.7. The van der Waals surface area contributed by atoms with Gasteiger partial charge in [-0.3, -0.25) is 14.4 Å². The van der Waals surface area contributed by atoms with Gasteiger partial charge in [0.25, 0.3) is 5.91 Å². The lowest BCUT2D eigenvalue weighted by atomic mass is 10.2. The number of anilines is 1. The second-order valence-corrected chi connectivity index (χ2v) is 5.30. The van der Waals surface area contributed by atoms with E-state index in [1.807, 2.05) is 44.4 Å². The van der Waals surface area contributed by atoms with Crippen molar-refractivity contribution >= 4 is 35.0 Å². The van der Waals surface area contributed by atoms with Crippen LogP contribution in [0.4, 0.5) is 5.69 Å². The van der Waals surface area contributed by atoms with Crippen molar-refractivity contribution in [2.75, 3.05) is 4.90 Å². The summed E-state index contributed by atoms with van der Waals surface area (Å²) in [6.45, 7) is 2.00. The Morgan fingerprint density at radius 2 is 2.00 bits per heavy atom. The van der Waals surface area contributed by atoms with Gasteiger partial charge in [-0.2, -0.15) is 5.10 Å². The van der Waals surface area contributed by atoms with Crippen molar-refractivity contribution in [3.05, 3.63) is 53.5 Å². The molecule has 1 aliphatic heterocycles. The van der Waals surface area contributed by atoms with Crippen molar-refractivity contribution in [1.29, 1.82) is 0 Å². The largest absolute Gasteiger partial charge is 0.327 e. The van der Waals surface area contributed by atoms with Crippen LogP contribution >= 0.6 is 12.2 Å². The molecule has 0 bridgehead atoms. The smallest absolute Gasteiger partial charge is 0.281 e. The molecule has 0 unspecified atom stereocenters. The lowest BCUT2D eigenvalue weighted by Crippen LogP contribution is -2.30. The number of thiocarbonyl (C=S) groups is 1. The molecule has 0 radical (unpaired) electrons. The molecule has 1 N–H and O–H groups in total. The Morgan fingerprint density at radius 1 is 1.29 bits per heavy atom. The predicted octanol–water partition coefficient (Wildman–Crippen LogP) is 1.99. The standard InChI is InChI=1S/C15H14N4OS/c1-10-3-5-12(6-4-10)19-14(20)13(17-15(19)21)7-11-8-16-18(2)9-11/h3-9H,1-2H3,(H,17,21)/b13-7+. The maximum absolute atomic E-state index is 12.5. The molecule has 2 aromatic rings. The minimum Gasteiger partial charge on any atom is -0.327 e. The van der Waals surface area contributed by atoms with Gasteiger partial charge in [0.2, 0.25) is 0 Å². The van der Waals surface area contributed by atoms with Gasteiger partial charge in [-0.25, -0.2) is 0 Å². The Labute approximate surface area is 127 Å². The number of nitrogens with one attached hydrogen (secondary N) is 1. The first kappa shape index (κ1) is 13.5. The van der Waals surface area contributed by atoms with E-state index in [9.17, 15) is 4.79 Å². The molecule has 0 atom stereocenters. The number of amides is 1. The number of hydrogen-bond donors (Lipinski definition) is 1. The first-order valence-corrected chi connectivity index (χ1v) is 6.88. The summed E-state index contributed by atoms with van der Waals surface area (Å²) in [5, 5.41) is 7.42. The third kappa shape index (κ3) is 2.57. The van der Waals surface area contributed by atoms with Crippen LogP contribution in [0.25, 0.3) is 6.08 Å². The quantitative estimate of drug-likeness (QED) is 0.680. The zero-order valence-electron chi connectivity index (χ0n) is 11.7. The Kier molecular flexibility index (Phi) is 3.31. The van der Waals surface area contributed by atoms with Gasteiger partial charge < -0.3 is 5.32 Å². The molecule has 2 heterocycles. The Bertz CT molecular complexity index is 745. The van der Waals surface area contributed by atoms with Crippen LogP contribution in [0.2, 0.25) is 0 Å². The fraction of sp³-hybridized carbons (Fsp3) is 0.133. The van der Waals surface area contributed by atoms with E-state index in [0.717, 1.165) is 16.8 Å². The van der Waals surface area contributed by atoms with Gasteiger partial charge in [-0.15, -0.1) is 0 Å². The van der Waals surface area contributed by atoms with Crippen molar-refractivity contribution in [3.63, 3.8) is 0 Å². The zero-order chi connectivity index (χ0) is 15.0. The van der Waals surface area contributed by atoms with Gasteiger partial charge in [0.15, 0.2) is 5.11 Å². The number of carbonyl (C=O) groups is 1. The van der Waals surface area contributed by atoms with Crippen LogP contribution in [0.5, 0.6) is 0 Å². The van der Waals surface area contributed by atoms with Gasteiger partial charge in [0.05, 0.1) is 11.9 Å². The highest BCUT2D eigenvalue weighted by molar-refractivity contribution is 7.80. The summed E-state index contributed by atoms with van der Waals surface area (Å²) in [7, 11) is 1.83. The van der Waals surface area contributed by atoms with E-state index < -0.39 is 0 Å². The van der Waals surface area contributed by atoms with Crippen LogP contribution in [0.15, 0.2) is 42.4 Å². The molecule has 3 rings (SSSR count). The van der Waals surface area contributed by atoms with Gasteiger partial charge >= 0.3 is 0 Å². The SMILES string of the molecule is Cc1ccc(N2C(=O)/C(=C\c3cnn(C)c3)NC2=S)cc1. The molecule has 0 spiro atoms. The average molecular weight is 298 g/mol. The second kappa shape index (κ2) is 5.14. The topological polar surface area (TPSA) is 50.2 Å². The molecule has 6 heteroatoms. The summed E-state index contributed by atoms with van der Waals surface area (Å²) in [5.41, 5.74) is 3.20. The van der Waals surface area contributed by atoms with Crippen LogP contribution in [-0.4, -0.2) is 20.8 Å². The number of aryl methyl sites for hydroxylation is 2. The van der Waals surface area contributed by atoms with E-state index in [-0.39, 0.29) is 5.91 Å². The summed E-state index contributed by atoms with van der Waals surface area (Å²) in [6.07, 6.45) is 5.27. The van der Waals surface area contributed by atoms with Crippen molar-refractivity contribution in [2.45, 2.75) is 6.92 Å². The number of hydrogen-bond acceptors (Lipinski definition) is 3. The lowest BCUT2D eigenvalue weighted by Gasteiger charge is -2.13. The molecule has 5 nitrogen and oxygen atoms in total. The molecule has 1 saturated heterocycles. The van der Waals surface area contributed by atoms with E-state index in [0.29, 0.717) is 10.8 Å². The Morgan fingerprint density at radius 3 is 2.62 bits per heavy atom. The van der Waals surface area contributed by atoms with Crippen molar-refractivity contribution in [1.82, 2.24) is 15.1 Å². The fourth-order valence-electron chi connectivity index (χ4n) is 2.14. The highest BCUT2D eigenvalue weighted by Gasteiger charge is 2.31. The maximum atomic E-state index is 12.5. The predicted molar refractivity (Wildman–Crippen MR) is 85.6 cm³/mol. The summed E-state index contributed by atoms with van der Waals surface area (Å²) >= 11 is 5.26. The maximum Gasteiger partial charge on any atom is 0.281 e. The first-order chi connectivity index (χ1) is 10.0. The molecular weight excluding hydrogens is 284 g/mol. The van der Waals surface area contributed by atoms with E-state index in [2.05, 4.69) is 10.4 Å². The molecule has 0 aliphatic carbocycles. The van der Waals surface area contributed by atoms with Crippen molar-refractivity contribution < 1.29 is 4.79 Å². The summed E-state index contributed by atoms with van der Waals surface area (Å²) in [5.74, 6) is -0.160. The molecule has 0 saturated carbocycles. The van der Waals surface area contributed by atoms with Gasteiger partial charge in [0, 0.05) is 18.8 Å². The number of nitrogens with zero attached hydrogens (tertiary/aromatic N) is 3. The van der Waals surface area contributed by atoms with Crippen molar-refractivity contribution in [2.24, 2.45) is 7.05 Å². The van der Waals surface area contributed by atoms with E-state index in [1.165, 1.54) is 4.90 Å². The minimum atomic E-state index is -0.160. The van der Waals surface area contributed by atoms with Crippen molar-refractivity contribution in [3.8, 4) is 0 Å². The zero-order valence-corrected chi connectivity index (χ0v) is 12.5. The lowest BCUT2D eigenvalue weighted by molar-refractivity contribution is -0.113. The molecule has 21 heavy (non-hydrogen) atoms. The van der Waals surface area contributed by atoms with Crippen LogP contribution in [0, 0.1) is 6.92 Å². The van der Waals surface area contributed by atoms with Gasteiger partial charge in [0.1, 0.15) is 5.70 Å². The second-order valence-electron chi connectivity index (χ2n) is 4.91. The van der Waals surface area contributed by atoms with Crippen LogP contribution in [0.3, 0.4) is 0 Å². The Balaban J connectivity index is 1.92. The highest BCUT2D eigenvalue weighted by Crippen LogP contribution is 2.22. The number of carbonyl (C=O) groups excluding carboxylic acids is 1. The van der Waals surface area contributed by atoms with E-state index in [1.54, 1.807) is 17.0 Å². The molecule has 1 aromatic carbocycles. The van der Waals surface area contributed by atoms with Gasteiger partial charge in [-0.05, 0) is 37.4 Å². The molecule has 1 aliphatic rings. The highest BCUT2D eigenvalue weighted by atomic mass is 32.1. The minimum absolute atomic E-state index is 0.160. The summed E-state index contributed by atoms with van der Waals surface area (Å²) in [6, 6.07) is 7.67. The third-order valence-electron chi connectivity index (χ3n) is 3.21. The number of aromatic nitrogens is 2. The van der Waals surface area contributed by atoms with E-state index >= 15 is 0 Å². The summed E-state index contributed by atoms with van der Waals surface area (Å²) < 4.78 is 1.68. The van der Waals surface area contributed by atoms with E-state index in [4.69, 9.17) is 12.2 Å². The molecule has 1 fully saturated rings. The molecular formula is C15H14N4OS. The first-order valence-electron chi connectivity index (χ1n) is 6.47. The third-order valence-corrected chi connectivity index (χ3v) is 3.49. The monoisotopic (exact) mass is 298 g/mol. The molecule has 1 amide bonds. The summed E-state index contributed by atoms with van der Waals surface area (Å²) in [4.78, 5) is 14.0. The Hall–Kier alpha value is -2.47. The molecule has 1 aromatic heterocycles. The fourth-order valence-corrected chi connectivity index (χ4v) is 2.44. The van der Waals surface area contributed by atoms with Gasteiger partial charge in [-0.1, -0.05) is 17.7 Å². The van der Waals surface area contributed by atoms with Crippen LogP contribution in [-0.2, 0) is 11.8 Å².